The number of hydrogen-bond acceptors (Lipinski definition) is 10. The largest absolute Gasteiger partial charge is 0.508 e. The molecule has 14 heteroatoms. The smallest absolute Gasteiger partial charge is 0.324 e. The second-order valence-electron chi connectivity index (χ2n) is 16.2. The highest BCUT2D eigenvalue weighted by atomic mass is 32.2. The second kappa shape index (κ2) is 25.0. The molecule has 4 amide bonds. The molecule has 6 aromatic rings. The monoisotopic (exact) mass is 974 g/mol. The van der Waals surface area contributed by atoms with E-state index in [1.807, 2.05) is 98.5 Å². The van der Waals surface area contributed by atoms with E-state index in [9.17, 15) is 30.0 Å². The van der Waals surface area contributed by atoms with E-state index in [1.165, 1.54) is 11.1 Å². The zero-order valence-corrected chi connectivity index (χ0v) is 40.9. The predicted molar refractivity (Wildman–Crippen MR) is 278 cm³/mol. The zero-order chi connectivity index (χ0) is 47.0. The lowest BCUT2D eigenvalue weighted by Crippen LogP contribution is -2.50. The number of carbonyl (C=O) groups is 2. The highest BCUT2D eigenvalue weighted by molar-refractivity contribution is 8.00. The van der Waals surface area contributed by atoms with Crippen molar-refractivity contribution in [3.05, 3.63) is 157 Å². The number of hydrogen-bond donors (Lipinski definition) is 4. The molecule has 4 N–H and O–H groups in total. The van der Waals surface area contributed by atoms with Crippen LogP contribution in [0.15, 0.2) is 165 Å². The van der Waals surface area contributed by atoms with Crippen molar-refractivity contribution in [2.75, 3.05) is 65.5 Å². The van der Waals surface area contributed by atoms with E-state index in [2.05, 4.69) is 25.1 Å². The molecule has 8 rings (SSSR count). The summed E-state index contributed by atoms with van der Waals surface area (Å²) >= 11 is 6.72. The average molecular weight is 975 g/mol. The molecule has 2 heterocycles. The maximum absolute atomic E-state index is 13.8. The van der Waals surface area contributed by atoms with Gasteiger partial charge in [-0.05, 0) is 153 Å². The number of aromatic hydroxyl groups is 4. The Morgan fingerprint density at radius 3 is 1.27 bits per heavy atom. The normalized spacial score (nSPS) is 14.0. The summed E-state index contributed by atoms with van der Waals surface area (Å²) in [7, 11) is 0. The standard InChI is InChI=1S/C27H30N2O3S2.C26H28N2O3S2/c1-20-6-7-21-4-2-3-5-26(21)29(20)27(32)28(16-18-33-24-12-8-22(30)9-13-24)17-19-34-25-14-10-23(31)11-15-25;29-21-7-11-23(12-8-21)32-18-16-27(17-19-33-24-13-9-22(30)10-14-24)26(31)28-15-3-5-20-4-1-2-6-25(20)28/h2-5,8-15,20,30-31H,6-7,16-19H2,1H3;1-2,4,6-14,29-30H,3,5,15-19H2. The van der Waals surface area contributed by atoms with Crippen LogP contribution in [0.4, 0.5) is 21.0 Å². The van der Waals surface area contributed by atoms with Crippen molar-refractivity contribution >= 4 is 70.5 Å². The summed E-state index contributed by atoms with van der Waals surface area (Å²) in [5, 5.41) is 38.0. The summed E-state index contributed by atoms with van der Waals surface area (Å²) in [6.45, 7) is 5.40. The van der Waals surface area contributed by atoms with Gasteiger partial charge < -0.3 is 30.2 Å². The maximum atomic E-state index is 13.8. The number of anilines is 2. The Balaban J connectivity index is 0.000000199. The molecule has 0 spiro atoms. The van der Waals surface area contributed by atoms with Gasteiger partial charge in [-0.1, -0.05) is 36.4 Å². The molecule has 0 aliphatic carbocycles. The molecule has 0 bridgehead atoms. The first-order chi connectivity index (χ1) is 32.6. The van der Waals surface area contributed by atoms with Crippen molar-refractivity contribution in [2.45, 2.75) is 58.2 Å². The van der Waals surface area contributed by atoms with Gasteiger partial charge in [-0.3, -0.25) is 9.80 Å². The zero-order valence-electron chi connectivity index (χ0n) is 37.7. The van der Waals surface area contributed by atoms with Crippen LogP contribution < -0.4 is 9.80 Å². The summed E-state index contributed by atoms with van der Waals surface area (Å²) < 4.78 is 0. The van der Waals surface area contributed by atoms with Gasteiger partial charge in [-0.2, -0.15) is 0 Å². The number of para-hydroxylation sites is 2. The van der Waals surface area contributed by atoms with Crippen LogP contribution in [0, 0.1) is 0 Å². The molecule has 0 fully saturated rings. The average Bonchev–Trinajstić information content (AvgIpc) is 3.35. The molecule has 0 aromatic heterocycles. The highest BCUT2D eigenvalue weighted by Crippen LogP contribution is 2.33. The molecule has 0 radical (unpaired) electrons. The van der Waals surface area contributed by atoms with Crippen molar-refractivity contribution in [1.29, 1.82) is 0 Å². The first-order valence-electron chi connectivity index (χ1n) is 22.6. The van der Waals surface area contributed by atoms with Crippen LogP contribution >= 0.6 is 47.0 Å². The number of phenols is 4. The van der Waals surface area contributed by atoms with Gasteiger partial charge in [0, 0.05) is 92.7 Å². The Labute approximate surface area is 411 Å². The van der Waals surface area contributed by atoms with Crippen LogP contribution in [0.1, 0.15) is 30.9 Å². The Morgan fingerprint density at radius 2 is 0.851 bits per heavy atom. The van der Waals surface area contributed by atoms with Crippen LogP contribution in [0.3, 0.4) is 0 Å². The first-order valence-corrected chi connectivity index (χ1v) is 26.5. The third kappa shape index (κ3) is 14.5. The van der Waals surface area contributed by atoms with E-state index in [0.29, 0.717) is 26.2 Å². The minimum absolute atomic E-state index is 0.0530. The summed E-state index contributed by atoms with van der Waals surface area (Å²) in [6.07, 6.45) is 3.93. The van der Waals surface area contributed by atoms with Gasteiger partial charge in [0.1, 0.15) is 23.0 Å². The molecule has 6 aromatic carbocycles. The summed E-state index contributed by atoms with van der Waals surface area (Å²) in [5.41, 5.74) is 4.50. The molecule has 1 atom stereocenters. The number of benzene rings is 6. The van der Waals surface area contributed by atoms with Gasteiger partial charge in [-0.15, -0.1) is 47.0 Å². The molecule has 1 unspecified atom stereocenters. The van der Waals surface area contributed by atoms with Crippen LogP contribution in [-0.2, 0) is 12.8 Å². The van der Waals surface area contributed by atoms with Crippen molar-refractivity contribution in [3.8, 4) is 23.0 Å². The topological polar surface area (TPSA) is 128 Å². The van der Waals surface area contributed by atoms with Gasteiger partial charge in [0.25, 0.3) is 0 Å². The summed E-state index contributed by atoms with van der Waals surface area (Å²) in [6, 6.07) is 45.3. The lowest BCUT2D eigenvalue weighted by Gasteiger charge is -2.38. The van der Waals surface area contributed by atoms with Crippen LogP contribution in [-0.4, -0.2) is 104 Å². The van der Waals surface area contributed by atoms with Crippen molar-refractivity contribution in [3.63, 3.8) is 0 Å². The van der Waals surface area contributed by atoms with Gasteiger partial charge in [0.15, 0.2) is 0 Å². The SMILES string of the molecule is CC1CCc2ccccc2N1C(=O)N(CCSc1ccc(O)cc1)CCSc1ccc(O)cc1.O=C(N(CCSc1ccc(O)cc1)CCSc1ccc(O)cc1)N1CCCc2ccccc21. The second-order valence-corrected chi connectivity index (χ2v) is 20.9. The first kappa shape index (κ1) is 49.4. The number of aryl methyl sites for hydroxylation is 2. The van der Waals surface area contributed by atoms with E-state index in [0.717, 1.165) is 86.2 Å². The molecule has 2 aliphatic heterocycles. The number of thioether (sulfide) groups is 4. The van der Waals surface area contributed by atoms with Crippen LogP contribution in [0.25, 0.3) is 0 Å². The Morgan fingerprint density at radius 1 is 0.493 bits per heavy atom. The number of nitrogens with zero attached hydrogens (tertiary/aromatic N) is 4. The Hall–Kier alpha value is -5.54. The number of phenolic OH excluding ortho intramolecular Hbond substituents is 4. The fourth-order valence-corrected chi connectivity index (χ4v) is 11.4. The van der Waals surface area contributed by atoms with E-state index in [-0.39, 0.29) is 41.1 Å². The number of carbonyl (C=O) groups excluding carboxylic acids is 2. The minimum atomic E-state index is 0.0530. The van der Waals surface area contributed by atoms with Gasteiger partial charge in [0.2, 0.25) is 0 Å². The van der Waals surface area contributed by atoms with Gasteiger partial charge >= 0.3 is 12.1 Å². The highest BCUT2D eigenvalue weighted by Gasteiger charge is 2.31. The van der Waals surface area contributed by atoms with Crippen LogP contribution in [0.5, 0.6) is 23.0 Å². The lowest BCUT2D eigenvalue weighted by atomic mass is 9.97. The maximum Gasteiger partial charge on any atom is 0.324 e. The molecule has 0 saturated heterocycles. The third-order valence-electron chi connectivity index (χ3n) is 11.5. The molecule has 10 nitrogen and oxygen atoms in total. The summed E-state index contributed by atoms with van der Waals surface area (Å²) in [4.78, 5) is 39.5. The predicted octanol–water partition coefficient (Wildman–Crippen LogP) is 12.1. The number of rotatable bonds is 16. The molecule has 67 heavy (non-hydrogen) atoms. The number of fused-ring (bicyclic) bond motifs is 2. The quantitative estimate of drug-likeness (QED) is 0.0696. The summed E-state index contributed by atoms with van der Waals surface area (Å²) in [5.74, 6) is 4.10. The van der Waals surface area contributed by atoms with E-state index >= 15 is 0 Å². The van der Waals surface area contributed by atoms with Crippen molar-refractivity contribution in [1.82, 2.24) is 9.80 Å². The van der Waals surface area contributed by atoms with E-state index in [1.54, 1.807) is 95.6 Å². The molecular formula is C53H58N4O6S4. The Bertz CT molecular complexity index is 2390. The molecule has 0 saturated carbocycles. The molecular weight excluding hydrogens is 917 g/mol. The van der Waals surface area contributed by atoms with E-state index in [4.69, 9.17) is 0 Å². The lowest BCUT2D eigenvalue weighted by molar-refractivity contribution is 0.207. The van der Waals surface area contributed by atoms with Crippen molar-refractivity contribution < 1.29 is 30.0 Å². The molecule has 2 aliphatic rings. The van der Waals surface area contributed by atoms with Crippen molar-refractivity contribution in [2.24, 2.45) is 0 Å². The van der Waals surface area contributed by atoms with Gasteiger partial charge in [-0.25, -0.2) is 9.59 Å². The fourth-order valence-electron chi connectivity index (χ4n) is 7.91. The minimum Gasteiger partial charge on any atom is -0.508 e. The number of amides is 4. The third-order valence-corrected chi connectivity index (χ3v) is 15.4. The Kier molecular flexibility index (Phi) is 18.4. The van der Waals surface area contributed by atoms with Gasteiger partial charge in [0.05, 0.1) is 0 Å². The van der Waals surface area contributed by atoms with Crippen LogP contribution in [0.2, 0.25) is 0 Å². The molecule has 350 valence electrons. The number of urea groups is 2. The van der Waals surface area contributed by atoms with E-state index < -0.39 is 0 Å². The fraction of sp³-hybridized carbons (Fsp3) is 0.283.